The highest BCUT2D eigenvalue weighted by Gasteiger charge is 2.32. The number of allylic oxidation sites excluding steroid dienone is 1. The second-order valence-electron chi connectivity index (χ2n) is 3.01. The Morgan fingerprint density at radius 1 is 1.45 bits per heavy atom. The summed E-state index contributed by atoms with van der Waals surface area (Å²) in [6, 6.07) is 0. The zero-order valence-corrected chi connectivity index (χ0v) is 6.61. The topological polar surface area (TPSA) is 57.5 Å². The summed E-state index contributed by atoms with van der Waals surface area (Å²) in [7, 11) is 0. The standard InChI is InChI=1S/C8H12O3/c1-4-3-6(9)5(2)8(11)7(4)10/h3,5,7-8,10-11H,1-2H3/t5-,7+,8-/m1/s1. The number of aliphatic hydroxyl groups excluding tert-OH is 2. The quantitative estimate of drug-likeness (QED) is 0.513. The first kappa shape index (κ1) is 8.43. The maximum absolute atomic E-state index is 11.0. The maximum atomic E-state index is 11.0. The number of hydrogen-bond donors (Lipinski definition) is 2. The molecule has 62 valence electrons. The first-order chi connectivity index (χ1) is 5.04. The number of rotatable bonds is 0. The lowest BCUT2D eigenvalue weighted by Crippen LogP contribution is -2.40. The lowest BCUT2D eigenvalue weighted by molar-refractivity contribution is -0.125. The lowest BCUT2D eigenvalue weighted by atomic mass is 9.86. The van der Waals surface area contributed by atoms with Crippen LogP contribution in [0.25, 0.3) is 0 Å². The molecule has 0 bridgehead atoms. The van der Waals surface area contributed by atoms with E-state index in [1.807, 2.05) is 0 Å². The van der Waals surface area contributed by atoms with Crippen LogP contribution in [-0.4, -0.2) is 28.2 Å². The maximum Gasteiger partial charge on any atom is 0.161 e. The minimum atomic E-state index is -0.938. The second kappa shape index (κ2) is 2.75. The predicted molar refractivity (Wildman–Crippen MR) is 39.9 cm³/mol. The molecule has 0 aromatic heterocycles. The van der Waals surface area contributed by atoms with Crippen molar-refractivity contribution in [2.75, 3.05) is 0 Å². The Labute approximate surface area is 65.3 Å². The largest absolute Gasteiger partial charge is 0.389 e. The van der Waals surface area contributed by atoms with E-state index in [1.165, 1.54) is 6.08 Å². The van der Waals surface area contributed by atoms with E-state index < -0.39 is 18.1 Å². The zero-order valence-electron chi connectivity index (χ0n) is 6.61. The fraction of sp³-hybridized carbons (Fsp3) is 0.625. The summed E-state index contributed by atoms with van der Waals surface area (Å²) in [5.41, 5.74) is 0.542. The van der Waals surface area contributed by atoms with Crippen LogP contribution >= 0.6 is 0 Å². The van der Waals surface area contributed by atoms with Crippen molar-refractivity contribution >= 4 is 5.78 Å². The van der Waals surface area contributed by atoms with Crippen molar-refractivity contribution in [3.8, 4) is 0 Å². The van der Waals surface area contributed by atoms with E-state index in [9.17, 15) is 15.0 Å². The van der Waals surface area contributed by atoms with Crippen molar-refractivity contribution in [1.29, 1.82) is 0 Å². The molecule has 1 aliphatic rings. The van der Waals surface area contributed by atoms with Gasteiger partial charge in [0.1, 0.15) is 6.10 Å². The van der Waals surface area contributed by atoms with Crippen LogP contribution in [0.4, 0.5) is 0 Å². The fourth-order valence-electron chi connectivity index (χ4n) is 1.15. The van der Waals surface area contributed by atoms with Gasteiger partial charge >= 0.3 is 0 Å². The summed E-state index contributed by atoms with van der Waals surface area (Å²) in [5, 5.41) is 18.5. The van der Waals surface area contributed by atoms with Crippen LogP contribution in [0.2, 0.25) is 0 Å². The van der Waals surface area contributed by atoms with Gasteiger partial charge in [0.25, 0.3) is 0 Å². The third-order valence-electron chi connectivity index (χ3n) is 2.12. The number of aliphatic hydroxyl groups is 2. The summed E-state index contributed by atoms with van der Waals surface area (Å²) in [5.74, 6) is -0.589. The van der Waals surface area contributed by atoms with Crippen molar-refractivity contribution in [2.24, 2.45) is 5.92 Å². The monoisotopic (exact) mass is 156 g/mol. The normalized spacial score (nSPS) is 38.7. The molecule has 11 heavy (non-hydrogen) atoms. The van der Waals surface area contributed by atoms with Crippen LogP contribution in [-0.2, 0) is 4.79 Å². The molecule has 0 aromatic carbocycles. The molecule has 0 amide bonds. The van der Waals surface area contributed by atoms with Crippen molar-refractivity contribution < 1.29 is 15.0 Å². The first-order valence-corrected chi connectivity index (χ1v) is 3.62. The van der Waals surface area contributed by atoms with Crippen LogP contribution in [0, 0.1) is 5.92 Å². The van der Waals surface area contributed by atoms with Crippen LogP contribution in [0.15, 0.2) is 11.6 Å². The van der Waals surface area contributed by atoms with Gasteiger partial charge < -0.3 is 10.2 Å². The van der Waals surface area contributed by atoms with E-state index >= 15 is 0 Å². The Kier molecular flexibility index (Phi) is 2.11. The molecule has 0 fully saturated rings. The summed E-state index contributed by atoms with van der Waals surface area (Å²) in [6.45, 7) is 3.25. The van der Waals surface area contributed by atoms with Gasteiger partial charge in [-0.2, -0.15) is 0 Å². The van der Waals surface area contributed by atoms with E-state index in [2.05, 4.69) is 0 Å². The van der Waals surface area contributed by atoms with Crippen LogP contribution in [0.3, 0.4) is 0 Å². The van der Waals surface area contributed by atoms with Gasteiger partial charge in [-0.3, -0.25) is 4.79 Å². The third-order valence-corrected chi connectivity index (χ3v) is 2.12. The van der Waals surface area contributed by atoms with Gasteiger partial charge in [0.05, 0.1) is 6.10 Å². The molecule has 3 nitrogen and oxygen atoms in total. The van der Waals surface area contributed by atoms with E-state index in [0.717, 1.165) is 0 Å². The van der Waals surface area contributed by atoms with Crippen molar-refractivity contribution in [1.82, 2.24) is 0 Å². The molecule has 0 aromatic rings. The van der Waals surface area contributed by atoms with E-state index in [-0.39, 0.29) is 5.78 Å². The second-order valence-corrected chi connectivity index (χ2v) is 3.01. The molecule has 0 saturated heterocycles. The van der Waals surface area contributed by atoms with Crippen LogP contribution in [0.1, 0.15) is 13.8 Å². The molecule has 2 N–H and O–H groups in total. The summed E-state index contributed by atoms with van der Waals surface area (Å²) >= 11 is 0. The number of hydrogen-bond acceptors (Lipinski definition) is 3. The van der Waals surface area contributed by atoms with Crippen LogP contribution < -0.4 is 0 Å². The van der Waals surface area contributed by atoms with Gasteiger partial charge in [-0.25, -0.2) is 0 Å². The molecule has 0 heterocycles. The zero-order chi connectivity index (χ0) is 8.59. The summed E-state index contributed by atoms with van der Waals surface area (Å²) < 4.78 is 0. The van der Waals surface area contributed by atoms with E-state index in [4.69, 9.17) is 0 Å². The third kappa shape index (κ3) is 1.34. The molecular weight excluding hydrogens is 144 g/mol. The fourth-order valence-corrected chi connectivity index (χ4v) is 1.15. The van der Waals surface area contributed by atoms with E-state index in [1.54, 1.807) is 13.8 Å². The molecular formula is C8H12O3. The minimum absolute atomic E-state index is 0.111. The summed E-state index contributed by atoms with van der Waals surface area (Å²) in [6.07, 6.45) is -0.419. The van der Waals surface area contributed by atoms with Gasteiger partial charge in [0.2, 0.25) is 0 Å². The van der Waals surface area contributed by atoms with Gasteiger partial charge in [-0.05, 0) is 18.6 Å². The molecule has 0 spiro atoms. The first-order valence-electron chi connectivity index (χ1n) is 3.62. The highest BCUT2D eigenvalue weighted by atomic mass is 16.3. The van der Waals surface area contributed by atoms with Crippen LogP contribution in [0.5, 0.6) is 0 Å². The SMILES string of the molecule is CC1=CC(=O)[C@@H](C)[C@@H](O)[C@H]1O. The van der Waals surface area contributed by atoms with Gasteiger partial charge in [-0.15, -0.1) is 0 Å². The number of carbonyl (C=O) groups is 1. The molecule has 0 saturated carbocycles. The van der Waals surface area contributed by atoms with Crippen molar-refractivity contribution in [3.05, 3.63) is 11.6 Å². The molecule has 3 heteroatoms. The molecule has 0 aliphatic heterocycles. The molecule has 0 unspecified atom stereocenters. The Bertz CT molecular complexity index is 207. The lowest BCUT2D eigenvalue weighted by Gasteiger charge is -2.27. The van der Waals surface area contributed by atoms with Gasteiger partial charge in [0, 0.05) is 5.92 Å². The minimum Gasteiger partial charge on any atom is -0.389 e. The number of ketones is 1. The highest BCUT2D eigenvalue weighted by Crippen LogP contribution is 2.20. The molecule has 3 atom stereocenters. The average molecular weight is 156 g/mol. The Morgan fingerprint density at radius 3 is 2.55 bits per heavy atom. The molecule has 1 rings (SSSR count). The molecule has 0 radical (unpaired) electrons. The predicted octanol–water partition coefficient (Wildman–Crippen LogP) is -0.127. The summed E-state index contributed by atoms with van der Waals surface area (Å²) in [4.78, 5) is 11.0. The number of carbonyl (C=O) groups excluding carboxylic acids is 1. The smallest absolute Gasteiger partial charge is 0.161 e. The van der Waals surface area contributed by atoms with Gasteiger partial charge in [0.15, 0.2) is 5.78 Å². The van der Waals surface area contributed by atoms with Crippen molar-refractivity contribution in [3.63, 3.8) is 0 Å². The van der Waals surface area contributed by atoms with E-state index in [0.29, 0.717) is 5.57 Å². The average Bonchev–Trinajstić information content (AvgIpc) is 1.97. The Hall–Kier alpha value is -0.670. The Balaban J connectivity index is 2.92. The highest BCUT2D eigenvalue weighted by molar-refractivity contribution is 5.93. The van der Waals surface area contributed by atoms with Crippen molar-refractivity contribution in [2.45, 2.75) is 26.1 Å². The Morgan fingerprint density at radius 2 is 2.00 bits per heavy atom. The molecule has 1 aliphatic carbocycles. The van der Waals surface area contributed by atoms with Gasteiger partial charge in [-0.1, -0.05) is 6.92 Å².